The van der Waals surface area contributed by atoms with Crippen molar-refractivity contribution >= 4 is 0 Å². The topological polar surface area (TPSA) is 18.5 Å². The Bertz CT molecular complexity index is 284. The number of nitrogens with one attached hydrogen (secondary N) is 1. The van der Waals surface area contributed by atoms with Crippen molar-refractivity contribution in [1.82, 2.24) is 15.1 Å². The highest BCUT2D eigenvalue weighted by Crippen LogP contribution is 2.24. The summed E-state index contributed by atoms with van der Waals surface area (Å²) in [5.74, 6) is 0. The second kappa shape index (κ2) is 7.24. The molecule has 0 spiro atoms. The van der Waals surface area contributed by atoms with Crippen LogP contribution in [0.1, 0.15) is 53.4 Å². The molecule has 118 valence electrons. The van der Waals surface area contributed by atoms with Gasteiger partial charge in [-0.1, -0.05) is 34.1 Å². The van der Waals surface area contributed by atoms with Crippen LogP contribution in [0.3, 0.4) is 0 Å². The molecule has 2 aliphatic rings. The highest BCUT2D eigenvalue weighted by molar-refractivity contribution is 4.87. The molecular formula is C17H35N3. The Morgan fingerprint density at radius 2 is 1.95 bits per heavy atom. The van der Waals surface area contributed by atoms with Crippen LogP contribution < -0.4 is 5.32 Å². The van der Waals surface area contributed by atoms with Crippen molar-refractivity contribution in [2.75, 3.05) is 39.3 Å². The smallest absolute Gasteiger partial charge is 0.0223 e. The Hall–Kier alpha value is -0.120. The van der Waals surface area contributed by atoms with Crippen LogP contribution in [-0.2, 0) is 0 Å². The first-order valence-corrected chi connectivity index (χ1v) is 8.70. The zero-order chi connectivity index (χ0) is 14.6. The lowest BCUT2D eigenvalue weighted by Crippen LogP contribution is -2.55. The van der Waals surface area contributed by atoms with Crippen molar-refractivity contribution in [3.63, 3.8) is 0 Å². The second-order valence-electron chi connectivity index (χ2n) is 7.75. The van der Waals surface area contributed by atoms with E-state index in [1.54, 1.807) is 0 Å². The van der Waals surface area contributed by atoms with Gasteiger partial charge in [-0.3, -0.25) is 4.90 Å². The molecule has 0 aromatic rings. The summed E-state index contributed by atoms with van der Waals surface area (Å²) in [5, 5.41) is 3.68. The maximum atomic E-state index is 3.68. The summed E-state index contributed by atoms with van der Waals surface area (Å²) in [5.41, 5.74) is 0.364. The normalized spacial score (nSPS) is 27.3. The van der Waals surface area contributed by atoms with E-state index >= 15 is 0 Å². The third kappa shape index (κ3) is 4.44. The molecule has 0 amide bonds. The minimum Gasteiger partial charge on any atom is -0.314 e. The van der Waals surface area contributed by atoms with E-state index in [0.717, 1.165) is 12.6 Å². The Morgan fingerprint density at radius 1 is 1.15 bits per heavy atom. The molecule has 0 aliphatic carbocycles. The van der Waals surface area contributed by atoms with Gasteiger partial charge in [0.05, 0.1) is 0 Å². The molecule has 2 fully saturated rings. The molecule has 0 radical (unpaired) electrons. The molecule has 3 heteroatoms. The lowest BCUT2D eigenvalue weighted by Gasteiger charge is -2.44. The van der Waals surface area contributed by atoms with Crippen LogP contribution >= 0.6 is 0 Å². The number of hydrogen-bond acceptors (Lipinski definition) is 3. The molecule has 2 aliphatic heterocycles. The number of piperidine rings is 1. The number of rotatable bonds is 5. The zero-order valence-electron chi connectivity index (χ0n) is 14.1. The summed E-state index contributed by atoms with van der Waals surface area (Å²) in [6, 6.07) is 1.49. The summed E-state index contributed by atoms with van der Waals surface area (Å²) in [6.07, 6.45) is 5.57. The van der Waals surface area contributed by atoms with E-state index in [9.17, 15) is 0 Å². The zero-order valence-corrected chi connectivity index (χ0v) is 14.1. The van der Waals surface area contributed by atoms with Gasteiger partial charge in [-0.25, -0.2) is 0 Å². The highest BCUT2D eigenvalue weighted by Gasteiger charge is 2.30. The third-order valence-electron chi connectivity index (χ3n) is 5.15. The van der Waals surface area contributed by atoms with Crippen molar-refractivity contribution in [2.24, 2.45) is 5.41 Å². The van der Waals surface area contributed by atoms with Gasteiger partial charge < -0.3 is 10.2 Å². The van der Waals surface area contributed by atoms with Gasteiger partial charge >= 0.3 is 0 Å². The van der Waals surface area contributed by atoms with E-state index in [1.165, 1.54) is 58.4 Å². The summed E-state index contributed by atoms with van der Waals surface area (Å²) in [4.78, 5) is 5.44. The van der Waals surface area contributed by atoms with Crippen molar-refractivity contribution in [1.29, 1.82) is 0 Å². The molecule has 20 heavy (non-hydrogen) atoms. The van der Waals surface area contributed by atoms with Crippen LogP contribution in [0.5, 0.6) is 0 Å². The fourth-order valence-electron chi connectivity index (χ4n) is 3.82. The van der Waals surface area contributed by atoms with Crippen LogP contribution in [-0.4, -0.2) is 61.2 Å². The van der Waals surface area contributed by atoms with Crippen LogP contribution in [0.4, 0.5) is 0 Å². The Morgan fingerprint density at radius 3 is 2.65 bits per heavy atom. The quantitative estimate of drug-likeness (QED) is 0.835. The standard InChI is InChI=1S/C17H35N3/c1-5-18-16(17(2,3)4)9-11-19-12-13-20-10-7-6-8-15(20)14-19/h15-16,18H,5-14H2,1-4H3. The number of fused-ring (bicyclic) bond motifs is 1. The van der Waals surface area contributed by atoms with Gasteiger partial charge in [0.2, 0.25) is 0 Å². The molecule has 0 aromatic heterocycles. The van der Waals surface area contributed by atoms with Crippen LogP contribution in [0, 0.1) is 5.41 Å². The lowest BCUT2D eigenvalue weighted by atomic mass is 9.84. The van der Waals surface area contributed by atoms with Gasteiger partial charge in [-0.15, -0.1) is 0 Å². The minimum atomic E-state index is 0.364. The molecule has 3 nitrogen and oxygen atoms in total. The van der Waals surface area contributed by atoms with E-state index < -0.39 is 0 Å². The average Bonchev–Trinajstić information content (AvgIpc) is 2.42. The molecular weight excluding hydrogens is 246 g/mol. The number of hydrogen-bond donors (Lipinski definition) is 1. The van der Waals surface area contributed by atoms with Gasteiger partial charge in [-0.05, 0) is 44.3 Å². The number of nitrogens with zero attached hydrogens (tertiary/aromatic N) is 2. The molecule has 1 N–H and O–H groups in total. The minimum absolute atomic E-state index is 0.364. The monoisotopic (exact) mass is 281 g/mol. The molecule has 0 bridgehead atoms. The molecule has 2 saturated heterocycles. The van der Waals surface area contributed by atoms with E-state index in [2.05, 4.69) is 42.8 Å². The predicted molar refractivity (Wildman–Crippen MR) is 87.2 cm³/mol. The summed E-state index contributed by atoms with van der Waals surface area (Å²) < 4.78 is 0. The number of piperazine rings is 1. The largest absolute Gasteiger partial charge is 0.314 e. The maximum Gasteiger partial charge on any atom is 0.0223 e. The predicted octanol–water partition coefficient (Wildman–Crippen LogP) is 2.57. The lowest BCUT2D eigenvalue weighted by molar-refractivity contribution is 0.0453. The average molecular weight is 281 g/mol. The summed E-state index contributed by atoms with van der Waals surface area (Å²) in [7, 11) is 0. The first-order chi connectivity index (χ1) is 9.50. The van der Waals surface area contributed by atoms with Crippen molar-refractivity contribution in [3.05, 3.63) is 0 Å². The molecule has 2 rings (SSSR count). The molecule has 0 saturated carbocycles. The second-order valence-corrected chi connectivity index (χ2v) is 7.75. The van der Waals surface area contributed by atoms with Gasteiger partial charge in [0.1, 0.15) is 0 Å². The van der Waals surface area contributed by atoms with Gasteiger partial charge in [-0.2, -0.15) is 0 Å². The molecule has 2 atom stereocenters. The van der Waals surface area contributed by atoms with E-state index in [1.807, 2.05) is 0 Å². The fourth-order valence-corrected chi connectivity index (χ4v) is 3.82. The summed E-state index contributed by atoms with van der Waals surface area (Å²) in [6.45, 7) is 16.9. The van der Waals surface area contributed by atoms with Crippen LogP contribution in [0.25, 0.3) is 0 Å². The molecule has 2 heterocycles. The van der Waals surface area contributed by atoms with Gasteiger partial charge in [0.25, 0.3) is 0 Å². The van der Waals surface area contributed by atoms with Crippen LogP contribution in [0.15, 0.2) is 0 Å². The Balaban J connectivity index is 1.78. The SMILES string of the molecule is CCNC(CCN1CCN2CCCCC2C1)C(C)(C)C. The highest BCUT2D eigenvalue weighted by atomic mass is 15.3. The fraction of sp³-hybridized carbons (Fsp3) is 1.00. The van der Waals surface area contributed by atoms with Crippen molar-refractivity contribution < 1.29 is 0 Å². The summed E-state index contributed by atoms with van der Waals surface area (Å²) >= 11 is 0. The van der Waals surface area contributed by atoms with Crippen molar-refractivity contribution in [3.8, 4) is 0 Å². The third-order valence-corrected chi connectivity index (χ3v) is 5.15. The maximum absolute atomic E-state index is 3.68. The Kier molecular flexibility index (Phi) is 5.88. The molecule has 0 aromatic carbocycles. The van der Waals surface area contributed by atoms with E-state index in [-0.39, 0.29) is 0 Å². The van der Waals surface area contributed by atoms with E-state index in [0.29, 0.717) is 11.5 Å². The van der Waals surface area contributed by atoms with E-state index in [4.69, 9.17) is 0 Å². The first kappa shape index (κ1) is 16.3. The van der Waals surface area contributed by atoms with Gasteiger partial charge in [0, 0.05) is 31.7 Å². The Labute approximate surface area is 126 Å². The first-order valence-electron chi connectivity index (χ1n) is 8.70. The van der Waals surface area contributed by atoms with Gasteiger partial charge in [0.15, 0.2) is 0 Å². The molecule has 2 unspecified atom stereocenters. The van der Waals surface area contributed by atoms with Crippen molar-refractivity contribution in [2.45, 2.75) is 65.5 Å². The van der Waals surface area contributed by atoms with Crippen LogP contribution in [0.2, 0.25) is 0 Å².